The van der Waals surface area contributed by atoms with Crippen LogP contribution in [-0.4, -0.2) is 19.0 Å². The fourth-order valence-electron chi connectivity index (χ4n) is 1.93. The SMILES string of the molecule is COc1cccc(CC(=O)Oc2ccc(NC(C)=O)cc2)c1. The second-order valence-corrected chi connectivity index (χ2v) is 4.71. The van der Waals surface area contributed by atoms with Crippen molar-refractivity contribution < 1.29 is 19.1 Å². The van der Waals surface area contributed by atoms with Gasteiger partial charge < -0.3 is 14.8 Å². The predicted octanol–water partition coefficient (Wildman–Crippen LogP) is 2.80. The van der Waals surface area contributed by atoms with E-state index in [1.165, 1.54) is 6.92 Å². The average Bonchev–Trinajstić information content (AvgIpc) is 2.49. The average molecular weight is 299 g/mol. The van der Waals surface area contributed by atoms with E-state index in [0.29, 0.717) is 17.2 Å². The third-order valence-electron chi connectivity index (χ3n) is 2.89. The molecule has 0 atom stereocenters. The molecule has 0 unspecified atom stereocenters. The van der Waals surface area contributed by atoms with Crippen molar-refractivity contribution in [3.63, 3.8) is 0 Å². The summed E-state index contributed by atoms with van der Waals surface area (Å²) in [4.78, 5) is 22.8. The minimum atomic E-state index is -0.361. The van der Waals surface area contributed by atoms with Crippen LogP contribution in [0.3, 0.4) is 0 Å². The van der Waals surface area contributed by atoms with Crippen molar-refractivity contribution in [1.29, 1.82) is 0 Å². The molecular weight excluding hydrogens is 282 g/mol. The quantitative estimate of drug-likeness (QED) is 0.681. The number of nitrogens with one attached hydrogen (secondary N) is 1. The Kier molecular flexibility index (Phi) is 5.14. The van der Waals surface area contributed by atoms with Crippen LogP contribution in [0, 0.1) is 0 Å². The van der Waals surface area contributed by atoms with Gasteiger partial charge in [0.1, 0.15) is 11.5 Å². The summed E-state index contributed by atoms with van der Waals surface area (Å²) in [6, 6.07) is 13.9. The Morgan fingerprint density at radius 2 is 1.77 bits per heavy atom. The molecule has 2 aromatic carbocycles. The first kappa shape index (κ1) is 15.6. The molecule has 0 heterocycles. The number of anilines is 1. The summed E-state index contributed by atoms with van der Waals surface area (Å²) in [5.41, 5.74) is 1.47. The van der Waals surface area contributed by atoms with Gasteiger partial charge in [-0.15, -0.1) is 0 Å². The molecule has 0 fully saturated rings. The number of carbonyl (C=O) groups excluding carboxylic acids is 2. The van der Waals surface area contributed by atoms with Gasteiger partial charge in [-0.25, -0.2) is 0 Å². The summed E-state index contributed by atoms with van der Waals surface area (Å²) in [7, 11) is 1.58. The molecule has 0 radical (unpaired) electrons. The Morgan fingerprint density at radius 1 is 1.05 bits per heavy atom. The summed E-state index contributed by atoms with van der Waals surface area (Å²) in [6.07, 6.45) is 0.157. The zero-order valence-electron chi connectivity index (χ0n) is 12.5. The molecule has 2 rings (SSSR count). The number of methoxy groups -OCH3 is 1. The molecule has 0 aliphatic carbocycles. The third kappa shape index (κ3) is 4.63. The Labute approximate surface area is 128 Å². The van der Waals surface area contributed by atoms with Crippen LogP contribution in [0.5, 0.6) is 11.5 Å². The fourth-order valence-corrected chi connectivity index (χ4v) is 1.93. The van der Waals surface area contributed by atoms with Crippen molar-refractivity contribution in [2.45, 2.75) is 13.3 Å². The lowest BCUT2D eigenvalue weighted by molar-refractivity contribution is -0.133. The van der Waals surface area contributed by atoms with Gasteiger partial charge in [-0.1, -0.05) is 12.1 Å². The van der Waals surface area contributed by atoms with Gasteiger partial charge in [0.15, 0.2) is 0 Å². The zero-order chi connectivity index (χ0) is 15.9. The van der Waals surface area contributed by atoms with Gasteiger partial charge in [0.05, 0.1) is 13.5 Å². The van der Waals surface area contributed by atoms with Crippen LogP contribution in [0.25, 0.3) is 0 Å². The second-order valence-electron chi connectivity index (χ2n) is 4.71. The summed E-state index contributed by atoms with van der Waals surface area (Å²) in [5.74, 6) is 0.621. The van der Waals surface area contributed by atoms with Crippen LogP contribution >= 0.6 is 0 Å². The summed E-state index contributed by atoms with van der Waals surface area (Å²) < 4.78 is 10.4. The van der Waals surface area contributed by atoms with Crippen molar-refractivity contribution in [1.82, 2.24) is 0 Å². The molecule has 0 aliphatic rings. The lowest BCUT2D eigenvalue weighted by Gasteiger charge is -2.07. The molecule has 5 heteroatoms. The number of esters is 1. The molecule has 2 aromatic rings. The van der Waals surface area contributed by atoms with Crippen LogP contribution in [-0.2, 0) is 16.0 Å². The molecule has 1 N–H and O–H groups in total. The van der Waals surface area contributed by atoms with Crippen LogP contribution in [0.2, 0.25) is 0 Å². The minimum absolute atomic E-state index is 0.150. The van der Waals surface area contributed by atoms with Gasteiger partial charge in [-0.2, -0.15) is 0 Å². The number of hydrogen-bond donors (Lipinski definition) is 1. The highest BCUT2D eigenvalue weighted by Crippen LogP contribution is 2.17. The number of benzene rings is 2. The largest absolute Gasteiger partial charge is 0.497 e. The van der Waals surface area contributed by atoms with Crippen LogP contribution in [0.1, 0.15) is 12.5 Å². The zero-order valence-corrected chi connectivity index (χ0v) is 12.5. The van der Waals surface area contributed by atoms with Crippen molar-refractivity contribution in [3.8, 4) is 11.5 Å². The molecular formula is C17H17NO4. The van der Waals surface area contributed by atoms with Crippen molar-refractivity contribution in [2.75, 3.05) is 12.4 Å². The van der Waals surface area contributed by atoms with E-state index in [1.807, 2.05) is 18.2 Å². The van der Waals surface area contributed by atoms with Crippen LogP contribution in [0.4, 0.5) is 5.69 Å². The van der Waals surface area contributed by atoms with Gasteiger partial charge in [0, 0.05) is 12.6 Å². The minimum Gasteiger partial charge on any atom is -0.497 e. The van der Waals surface area contributed by atoms with E-state index in [9.17, 15) is 9.59 Å². The second kappa shape index (κ2) is 7.26. The Hall–Kier alpha value is -2.82. The predicted molar refractivity (Wildman–Crippen MR) is 83.1 cm³/mol. The fraction of sp³-hybridized carbons (Fsp3) is 0.176. The van der Waals surface area contributed by atoms with Gasteiger partial charge in [-0.3, -0.25) is 9.59 Å². The number of carbonyl (C=O) groups is 2. The molecule has 0 aliphatic heterocycles. The highest BCUT2D eigenvalue weighted by Gasteiger charge is 2.07. The molecule has 0 saturated heterocycles. The van der Waals surface area contributed by atoms with E-state index >= 15 is 0 Å². The molecule has 0 bridgehead atoms. The lowest BCUT2D eigenvalue weighted by atomic mass is 10.1. The lowest BCUT2D eigenvalue weighted by Crippen LogP contribution is -2.11. The number of amides is 1. The number of rotatable bonds is 5. The van der Waals surface area contributed by atoms with Crippen molar-refractivity contribution in [2.24, 2.45) is 0 Å². The smallest absolute Gasteiger partial charge is 0.315 e. The molecule has 5 nitrogen and oxygen atoms in total. The maximum Gasteiger partial charge on any atom is 0.315 e. The van der Waals surface area contributed by atoms with Gasteiger partial charge in [0.25, 0.3) is 0 Å². The van der Waals surface area contributed by atoms with Gasteiger partial charge in [-0.05, 0) is 42.0 Å². The standard InChI is InChI=1S/C17H17NO4/c1-12(19)18-14-6-8-15(9-7-14)22-17(20)11-13-4-3-5-16(10-13)21-2/h3-10H,11H2,1-2H3,(H,18,19). The molecule has 22 heavy (non-hydrogen) atoms. The van der Waals surface area contributed by atoms with Gasteiger partial charge >= 0.3 is 5.97 Å². The molecule has 0 saturated carbocycles. The van der Waals surface area contributed by atoms with E-state index in [0.717, 1.165) is 5.56 Å². The van der Waals surface area contributed by atoms with E-state index in [1.54, 1.807) is 37.4 Å². The summed E-state index contributed by atoms with van der Waals surface area (Å²) in [6.45, 7) is 1.43. The van der Waals surface area contributed by atoms with Crippen LogP contribution in [0.15, 0.2) is 48.5 Å². The van der Waals surface area contributed by atoms with Crippen molar-refractivity contribution in [3.05, 3.63) is 54.1 Å². The Morgan fingerprint density at radius 3 is 2.41 bits per heavy atom. The summed E-state index contributed by atoms with van der Waals surface area (Å²) in [5, 5.41) is 2.64. The molecule has 0 aromatic heterocycles. The number of hydrogen-bond acceptors (Lipinski definition) is 4. The Bertz CT molecular complexity index is 665. The monoisotopic (exact) mass is 299 g/mol. The topological polar surface area (TPSA) is 64.6 Å². The normalized spacial score (nSPS) is 9.91. The highest BCUT2D eigenvalue weighted by atomic mass is 16.5. The summed E-state index contributed by atoms with van der Waals surface area (Å²) >= 11 is 0. The third-order valence-corrected chi connectivity index (χ3v) is 2.89. The molecule has 0 spiro atoms. The maximum absolute atomic E-state index is 11.9. The maximum atomic E-state index is 11.9. The van der Waals surface area contributed by atoms with Crippen molar-refractivity contribution >= 4 is 17.6 Å². The Balaban J connectivity index is 1.95. The van der Waals surface area contributed by atoms with E-state index in [2.05, 4.69) is 5.32 Å². The highest BCUT2D eigenvalue weighted by molar-refractivity contribution is 5.88. The molecule has 1 amide bonds. The molecule has 114 valence electrons. The van der Waals surface area contributed by atoms with Gasteiger partial charge in [0.2, 0.25) is 5.91 Å². The first-order chi connectivity index (χ1) is 10.6. The van der Waals surface area contributed by atoms with E-state index in [4.69, 9.17) is 9.47 Å². The van der Waals surface area contributed by atoms with E-state index in [-0.39, 0.29) is 18.3 Å². The number of ether oxygens (including phenoxy) is 2. The first-order valence-electron chi connectivity index (χ1n) is 6.78. The first-order valence-corrected chi connectivity index (χ1v) is 6.78. The van der Waals surface area contributed by atoms with Crippen LogP contribution < -0.4 is 14.8 Å². The van der Waals surface area contributed by atoms with E-state index < -0.39 is 0 Å².